The fourth-order valence-electron chi connectivity index (χ4n) is 2.11. The number of anilines is 1. The number of rotatable bonds is 4. The van der Waals surface area contributed by atoms with Crippen molar-refractivity contribution in [2.75, 3.05) is 5.32 Å². The molecule has 3 rings (SSSR count). The van der Waals surface area contributed by atoms with Gasteiger partial charge in [0.05, 0.1) is 11.7 Å². The molecule has 3 aromatic rings. The van der Waals surface area contributed by atoms with Crippen molar-refractivity contribution < 1.29 is 4.79 Å². The topological polar surface area (TPSA) is 97.6 Å². The summed E-state index contributed by atoms with van der Waals surface area (Å²) in [7, 11) is 0. The lowest BCUT2D eigenvalue weighted by Gasteiger charge is -2.15. The van der Waals surface area contributed by atoms with Crippen LogP contribution in [0.4, 0.5) is 10.5 Å². The summed E-state index contributed by atoms with van der Waals surface area (Å²) in [5, 5.41) is 9.79. The van der Waals surface area contributed by atoms with E-state index < -0.39 is 0 Å². The molecular formula is C15H13BrIN7O. The second kappa shape index (κ2) is 7.87. The lowest BCUT2D eigenvalue weighted by molar-refractivity contribution is 0.248. The molecule has 1 unspecified atom stereocenters. The number of hydrogen-bond acceptors (Lipinski definition) is 5. The number of amides is 2. The lowest BCUT2D eigenvalue weighted by atomic mass is 10.3. The minimum Gasteiger partial charge on any atom is -0.328 e. The van der Waals surface area contributed by atoms with E-state index >= 15 is 0 Å². The molecule has 0 aliphatic carbocycles. The van der Waals surface area contributed by atoms with E-state index in [0.29, 0.717) is 11.8 Å². The number of nitrogens with one attached hydrogen (secondary N) is 2. The summed E-state index contributed by atoms with van der Waals surface area (Å²) >= 11 is 5.56. The van der Waals surface area contributed by atoms with E-state index in [1.54, 1.807) is 18.5 Å². The first-order valence-corrected chi connectivity index (χ1v) is 9.11. The zero-order valence-electron chi connectivity index (χ0n) is 13.0. The molecule has 0 spiro atoms. The molecule has 0 fully saturated rings. The summed E-state index contributed by atoms with van der Waals surface area (Å²) in [6, 6.07) is 6.61. The van der Waals surface area contributed by atoms with Crippen molar-refractivity contribution >= 4 is 50.2 Å². The van der Waals surface area contributed by atoms with Crippen LogP contribution in [0.3, 0.4) is 0 Å². The summed E-state index contributed by atoms with van der Waals surface area (Å²) < 4.78 is 3.37. The highest BCUT2D eigenvalue weighted by Crippen LogP contribution is 2.22. The molecule has 2 amide bonds. The van der Waals surface area contributed by atoms with Crippen molar-refractivity contribution in [2.45, 2.75) is 13.0 Å². The first-order chi connectivity index (χ1) is 12.0. The summed E-state index contributed by atoms with van der Waals surface area (Å²) in [6.07, 6.45) is 4.64. The first-order valence-electron chi connectivity index (χ1n) is 7.24. The minimum absolute atomic E-state index is 0.337. The lowest BCUT2D eigenvalue weighted by Crippen LogP contribution is -2.33. The summed E-state index contributed by atoms with van der Waals surface area (Å²) in [4.78, 5) is 24.8. The predicted octanol–water partition coefficient (Wildman–Crippen LogP) is 3.31. The fourth-order valence-corrected chi connectivity index (χ4v) is 3.55. The van der Waals surface area contributed by atoms with Gasteiger partial charge in [0.1, 0.15) is 6.33 Å². The van der Waals surface area contributed by atoms with E-state index in [4.69, 9.17) is 0 Å². The van der Waals surface area contributed by atoms with Gasteiger partial charge in [0, 0.05) is 20.4 Å². The Kier molecular flexibility index (Phi) is 5.58. The number of hydrogen-bond donors (Lipinski definition) is 2. The molecule has 2 heterocycles. The Balaban J connectivity index is 1.71. The molecule has 1 aromatic carbocycles. The molecule has 8 nitrogen and oxygen atoms in total. The Morgan fingerprint density at radius 3 is 2.76 bits per heavy atom. The zero-order valence-corrected chi connectivity index (χ0v) is 16.8. The Morgan fingerprint density at radius 2 is 2.04 bits per heavy atom. The summed E-state index contributed by atoms with van der Waals surface area (Å²) in [5.74, 6) is 0.929. The minimum atomic E-state index is -0.389. The molecule has 0 aliphatic heterocycles. The maximum atomic E-state index is 12.3. The average Bonchev–Trinajstić information content (AvgIpc) is 3.08. The van der Waals surface area contributed by atoms with Gasteiger partial charge in [-0.1, -0.05) is 15.9 Å². The second-order valence-electron chi connectivity index (χ2n) is 5.02. The number of aromatic nitrogens is 5. The van der Waals surface area contributed by atoms with Crippen LogP contribution in [0.2, 0.25) is 0 Å². The number of halogens is 2. The van der Waals surface area contributed by atoms with Crippen LogP contribution in [0.15, 0.2) is 47.5 Å². The molecule has 0 aliphatic rings. The van der Waals surface area contributed by atoms with Gasteiger partial charge in [-0.3, -0.25) is 0 Å². The monoisotopic (exact) mass is 513 g/mol. The van der Waals surface area contributed by atoms with Crippen LogP contribution in [0.5, 0.6) is 0 Å². The van der Waals surface area contributed by atoms with Crippen molar-refractivity contribution in [3.63, 3.8) is 0 Å². The van der Waals surface area contributed by atoms with Crippen molar-refractivity contribution in [3.05, 3.63) is 56.9 Å². The van der Waals surface area contributed by atoms with Crippen LogP contribution in [0.25, 0.3) is 5.95 Å². The van der Waals surface area contributed by atoms with Gasteiger partial charge in [0.25, 0.3) is 5.95 Å². The Hall–Kier alpha value is -2.08. The van der Waals surface area contributed by atoms with Crippen LogP contribution in [-0.2, 0) is 0 Å². The van der Waals surface area contributed by atoms with Crippen molar-refractivity contribution in [1.82, 2.24) is 30.0 Å². The summed E-state index contributed by atoms with van der Waals surface area (Å²) in [5.41, 5.74) is 0.723. The van der Waals surface area contributed by atoms with Crippen LogP contribution >= 0.6 is 38.5 Å². The van der Waals surface area contributed by atoms with Crippen LogP contribution in [0, 0.1) is 3.57 Å². The maximum absolute atomic E-state index is 12.3. The molecular weight excluding hydrogens is 501 g/mol. The quantitative estimate of drug-likeness (QED) is 0.521. The molecule has 0 saturated carbocycles. The van der Waals surface area contributed by atoms with E-state index in [-0.39, 0.29) is 12.1 Å². The highest BCUT2D eigenvalue weighted by atomic mass is 127. The van der Waals surface area contributed by atoms with Crippen LogP contribution in [0.1, 0.15) is 18.8 Å². The maximum Gasteiger partial charge on any atom is 0.319 e. The number of urea groups is 1. The molecule has 10 heteroatoms. The average molecular weight is 514 g/mol. The second-order valence-corrected chi connectivity index (χ2v) is 7.10. The zero-order chi connectivity index (χ0) is 17.8. The van der Waals surface area contributed by atoms with Crippen molar-refractivity contribution in [3.8, 4) is 5.95 Å². The van der Waals surface area contributed by atoms with Gasteiger partial charge < -0.3 is 10.6 Å². The number of carbonyl (C=O) groups is 1. The van der Waals surface area contributed by atoms with E-state index in [1.165, 1.54) is 11.0 Å². The molecule has 2 N–H and O–H groups in total. The summed E-state index contributed by atoms with van der Waals surface area (Å²) in [6.45, 7) is 1.82. The third-order valence-corrected chi connectivity index (χ3v) is 4.62. The number of benzene rings is 1. The van der Waals surface area contributed by atoms with Gasteiger partial charge in [-0.2, -0.15) is 9.78 Å². The molecule has 2 aromatic heterocycles. The van der Waals surface area contributed by atoms with Gasteiger partial charge in [-0.05, 0) is 53.8 Å². The standard InChI is InChI=1S/C15H13BrIN7O/c1-9(13-20-8-21-24(13)14-18-5-2-6-19-14)22-15(25)23-12-4-3-10(16)7-11(12)17/h2-9H,1H3,(H2,22,23,25). The van der Waals surface area contributed by atoms with Crippen LogP contribution < -0.4 is 10.6 Å². The van der Waals surface area contributed by atoms with Gasteiger partial charge in [-0.25, -0.2) is 19.7 Å². The molecule has 25 heavy (non-hydrogen) atoms. The fraction of sp³-hybridized carbons (Fsp3) is 0.133. The Labute approximate surface area is 165 Å². The highest BCUT2D eigenvalue weighted by molar-refractivity contribution is 14.1. The SMILES string of the molecule is CC(NC(=O)Nc1ccc(Br)cc1I)c1ncnn1-c1ncccn1. The first kappa shape index (κ1) is 17.7. The van der Waals surface area contributed by atoms with Gasteiger partial charge >= 0.3 is 6.03 Å². The van der Waals surface area contributed by atoms with Gasteiger partial charge in [0.15, 0.2) is 5.82 Å². The van der Waals surface area contributed by atoms with E-state index in [9.17, 15) is 4.79 Å². The smallest absolute Gasteiger partial charge is 0.319 e. The van der Waals surface area contributed by atoms with Crippen molar-refractivity contribution in [1.29, 1.82) is 0 Å². The van der Waals surface area contributed by atoms with E-state index in [2.05, 4.69) is 69.2 Å². The number of carbonyl (C=O) groups excluding carboxylic acids is 1. The molecule has 128 valence electrons. The number of nitrogens with zero attached hydrogens (tertiary/aromatic N) is 5. The third kappa shape index (κ3) is 4.31. The van der Waals surface area contributed by atoms with E-state index in [0.717, 1.165) is 13.7 Å². The van der Waals surface area contributed by atoms with Gasteiger partial charge in [0.2, 0.25) is 0 Å². The Morgan fingerprint density at radius 1 is 1.28 bits per heavy atom. The highest BCUT2D eigenvalue weighted by Gasteiger charge is 2.18. The molecule has 0 bridgehead atoms. The predicted molar refractivity (Wildman–Crippen MR) is 104 cm³/mol. The van der Waals surface area contributed by atoms with Gasteiger partial charge in [-0.15, -0.1) is 0 Å². The molecule has 1 atom stereocenters. The van der Waals surface area contributed by atoms with E-state index in [1.807, 2.05) is 25.1 Å². The van der Waals surface area contributed by atoms with Crippen LogP contribution in [-0.4, -0.2) is 30.8 Å². The third-order valence-electron chi connectivity index (χ3n) is 3.23. The van der Waals surface area contributed by atoms with Crippen molar-refractivity contribution in [2.24, 2.45) is 0 Å². The normalized spacial score (nSPS) is 11.8. The molecule has 0 radical (unpaired) electrons. The Bertz CT molecular complexity index is 887. The molecule has 0 saturated heterocycles. The largest absolute Gasteiger partial charge is 0.328 e.